The van der Waals surface area contributed by atoms with E-state index < -0.39 is 5.97 Å². The van der Waals surface area contributed by atoms with Crippen molar-refractivity contribution in [1.29, 1.82) is 0 Å². The van der Waals surface area contributed by atoms with Crippen LogP contribution in [0.15, 0.2) is 0 Å². The summed E-state index contributed by atoms with van der Waals surface area (Å²) in [5.41, 5.74) is 0. The second kappa shape index (κ2) is 4.78. The number of nitrogens with zero attached hydrogens (tertiary/aromatic N) is 1. The van der Waals surface area contributed by atoms with E-state index in [1.807, 2.05) is 0 Å². The van der Waals surface area contributed by atoms with Gasteiger partial charge >= 0.3 is 5.97 Å². The van der Waals surface area contributed by atoms with Crippen LogP contribution in [0, 0.1) is 6.54 Å². The van der Waals surface area contributed by atoms with Crippen LogP contribution in [0.5, 0.6) is 0 Å². The second-order valence-electron chi connectivity index (χ2n) is 1.59. The van der Waals surface area contributed by atoms with Gasteiger partial charge in [0.25, 0.3) is 0 Å². The molecule has 0 spiro atoms. The molecule has 0 N–H and O–H groups in total. The summed E-state index contributed by atoms with van der Waals surface area (Å²) >= 11 is 0. The summed E-state index contributed by atoms with van der Waals surface area (Å²) in [7, 11) is 1.26. The lowest BCUT2D eigenvalue weighted by Crippen LogP contribution is -2.23. The molecule has 0 aliphatic carbocycles. The van der Waals surface area contributed by atoms with E-state index in [0.717, 1.165) is 6.54 Å². The number of methoxy groups -OCH3 is 1. The first-order valence-electron chi connectivity index (χ1n) is 2.88. The molecule has 1 amide bonds. The molecule has 0 unspecified atom stereocenters. The van der Waals surface area contributed by atoms with Crippen molar-refractivity contribution in [3.8, 4) is 0 Å². The van der Waals surface area contributed by atoms with Gasteiger partial charge in [-0.25, -0.2) is 4.79 Å². The van der Waals surface area contributed by atoms with Gasteiger partial charge in [-0.15, -0.1) is 0 Å². The van der Waals surface area contributed by atoms with Crippen molar-refractivity contribution in [2.45, 2.75) is 6.92 Å². The molecule has 0 saturated heterocycles. The smallest absolute Gasteiger partial charge is 0.331 e. The van der Waals surface area contributed by atoms with Crippen molar-refractivity contribution < 1.29 is 14.3 Å². The Morgan fingerprint density at radius 3 is 2.60 bits per heavy atom. The summed E-state index contributed by atoms with van der Waals surface area (Å²) < 4.78 is 4.29. The zero-order valence-electron chi connectivity index (χ0n) is 6.03. The number of ether oxygens (including phenoxy) is 1. The summed E-state index contributed by atoms with van der Waals surface area (Å²) in [6.45, 7) is 3.33. The Balaban J connectivity index is 3.62. The Hall–Kier alpha value is -1.06. The summed E-state index contributed by atoms with van der Waals surface area (Å²) in [5, 5.41) is 0. The van der Waals surface area contributed by atoms with E-state index >= 15 is 0 Å². The quantitative estimate of drug-likeness (QED) is 0.405. The minimum absolute atomic E-state index is 0.471. The maximum Gasteiger partial charge on any atom is 0.331 e. The Labute approximate surface area is 59.8 Å². The molecule has 0 rings (SSSR count). The first-order valence-corrected chi connectivity index (χ1v) is 2.88. The van der Waals surface area contributed by atoms with Crippen LogP contribution in [0.4, 0.5) is 0 Å². The third-order valence-corrected chi connectivity index (χ3v) is 0.973. The molecule has 0 aliphatic rings. The third kappa shape index (κ3) is 3.06. The molecule has 57 valence electrons. The molecule has 0 aromatic rings. The highest BCUT2D eigenvalue weighted by Gasteiger charge is 2.05. The second-order valence-corrected chi connectivity index (χ2v) is 1.59. The fraction of sp³-hybridized carbons (Fsp3) is 0.500. The normalized spacial score (nSPS) is 8.60. The molecule has 0 aromatic carbocycles. The molecule has 1 radical (unpaired) electrons. The molecule has 0 heterocycles. The van der Waals surface area contributed by atoms with Crippen LogP contribution in [-0.2, 0) is 14.3 Å². The average Bonchev–Trinajstić information content (AvgIpc) is 1.99. The molecule has 0 fully saturated rings. The van der Waals surface area contributed by atoms with Crippen molar-refractivity contribution in [2.24, 2.45) is 0 Å². The molecular formula is C6H10NO3. The Morgan fingerprint density at radius 2 is 2.30 bits per heavy atom. The molecule has 4 nitrogen and oxygen atoms in total. The summed E-state index contributed by atoms with van der Waals surface area (Å²) in [6, 6.07) is 0. The standard InChI is InChI=1S/C6H10NO3/c1-3-7(5-8)4-6(9)10-2/h4-5H,3H2,1-2H3. The van der Waals surface area contributed by atoms with Gasteiger partial charge in [0, 0.05) is 6.54 Å². The van der Waals surface area contributed by atoms with Gasteiger partial charge in [0.15, 0.2) is 6.54 Å². The van der Waals surface area contributed by atoms with Crippen molar-refractivity contribution >= 4 is 12.4 Å². The first kappa shape index (κ1) is 8.94. The number of amides is 1. The molecular weight excluding hydrogens is 134 g/mol. The maximum absolute atomic E-state index is 10.5. The fourth-order valence-corrected chi connectivity index (χ4v) is 0.384. The zero-order valence-corrected chi connectivity index (χ0v) is 6.03. The van der Waals surface area contributed by atoms with Crippen LogP contribution in [0.25, 0.3) is 0 Å². The molecule has 0 atom stereocenters. The van der Waals surface area contributed by atoms with Crippen molar-refractivity contribution in [3.63, 3.8) is 0 Å². The van der Waals surface area contributed by atoms with Crippen LogP contribution in [0.1, 0.15) is 6.92 Å². The van der Waals surface area contributed by atoms with Crippen molar-refractivity contribution in [3.05, 3.63) is 6.54 Å². The van der Waals surface area contributed by atoms with Gasteiger partial charge in [0.05, 0.1) is 7.11 Å². The van der Waals surface area contributed by atoms with E-state index in [-0.39, 0.29) is 0 Å². The number of rotatable bonds is 4. The maximum atomic E-state index is 10.5. The van der Waals surface area contributed by atoms with Gasteiger partial charge in [-0.2, -0.15) is 0 Å². The van der Waals surface area contributed by atoms with Gasteiger partial charge in [0.2, 0.25) is 6.41 Å². The van der Waals surface area contributed by atoms with E-state index in [1.54, 1.807) is 6.92 Å². The Bertz CT molecular complexity index is 124. The predicted molar refractivity (Wildman–Crippen MR) is 34.8 cm³/mol. The third-order valence-electron chi connectivity index (χ3n) is 0.973. The number of likely N-dealkylation sites (N-methyl/N-ethyl adjacent to an activating group) is 1. The van der Waals surface area contributed by atoms with Crippen LogP contribution in [0.3, 0.4) is 0 Å². The van der Waals surface area contributed by atoms with Crippen LogP contribution < -0.4 is 0 Å². The van der Waals surface area contributed by atoms with E-state index in [1.165, 1.54) is 12.0 Å². The lowest BCUT2D eigenvalue weighted by Gasteiger charge is -2.10. The summed E-state index contributed by atoms with van der Waals surface area (Å²) in [6.07, 6.45) is 0.566. The van der Waals surface area contributed by atoms with E-state index in [0.29, 0.717) is 13.0 Å². The number of hydrogen-bond donors (Lipinski definition) is 0. The monoisotopic (exact) mass is 144 g/mol. The number of esters is 1. The summed E-state index contributed by atoms with van der Waals surface area (Å²) in [5.74, 6) is -0.519. The van der Waals surface area contributed by atoms with Crippen LogP contribution >= 0.6 is 0 Å². The highest BCUT2D eigenvalue weighted by atomic mass is 16.5. The van der Waals surface area contributed by atoms with Gasteiger partial charge in [0.1, 0.15) is 0 Å². The molecule has 4 heteroatoms. The highest BCUT2D eigenvalue weighted by molar-refractivity contribution is 5.80. The van der Waals surface area contributed by atoms with Gasteiger partial charge in [-0.1, -0.05) is 0 Å². The minimum atomic E-state index is -0.519. The van der Waals surface area contributed by atoms with E-state index in [9.17, 15) is 9.59 Å². The van der Waals surface area contributed by atoms with E-state index in [2.05, 4.69) is 4.74 Å². The minimum Gasteiger partial charge on any atom is -0.467 e. The van der Waals surface area contributed by atoms with Crippen molar-refractivity contribution in [2.75, 3.05) is 13.7 Å². The van der Waals surface area contributed by atoms with Gasteiger partial charge in [-0.3, -0.25) is 4.79 Å². The largest absolute Gasteiger partial charge is 0.467 e. The molecule has 0 bridgehead atoms. The topological polar surface area (TPSA) is 46.6 Å². The van der Waals surface area contributed by atoms with Crippen molar-refractivity contribution in [1.82, 2.24) is 4.90 Å². The first-order chi connectivity index (χ1) is 4.74. The Morgan fingerprint density at radius 1 is 1.70 bits per heavy atom. The lowest BCUT2D eigenvalue weighted by atomic mass is 10.5. The van der Waals surface area contributed by atoms with E-state index in [4.69, 9.17) is 0 Å². The fourth-order valence-electron chi connectivity index (χ4n) is 0.384. The van der Waals surface area contributed by atoms with Crippen LogP contribution in [-0.4, -0.2) is 30.9 Å². The molecule has 0 saturated carbocycles. The lowest BCUT2D eigenvalue weighted by molar-refractivity contribution is -0.140. The van der Waals surface area contributed by atoms with Gasteiger partial charge < -0.3 is 9.64 Å². The number of carbonyl (C=O) groups is 2. The number of carbonyl (C=O) groups excluding carboxylic acids is 2. The van der Waals surface area contributed by atoms with Crippen LogP contribution in [0.2, 0.25) is 0 Å². The summed E-state index contributed by atoms with van der Waals surface area (Å²) in [4.78, 5) is 21.7. The molecule has 0 aromatic heterocycles. The zero-order chi connectivity index (χ0) is 7.98. The average molecular weight is 144 g/mol. The highest BCUT2D eigenvalue weighted by Crippen LogP contribution is 1.89. The SMILES string of the molecule is CCN([CH]C(=O)OC)C=O. The molecule has 0 aliphatic heterocycles. The Kier molecular flexibility index (Phi) is 4.28. The molecule has 10 heavy (non-hydrogen) atoms. The number of hydrogen-bond acceptors (Lipinski definition) is 3. The van der Waals surface area contributed by atoms with Gasteiger partial charge in [-0.05, 0) is 6.92 Å². The predicted octanol–water partition coefficient (Wildman–Crippen LogP) is -0.201.